The number of aryl methyl sites for hydroxylation is 1. The highest BCUT2D eigenvalue weighted by Gasteiger charge is 2.36. The predicted octanol–water partition coefficient (Wildman–Crippen LogP) is 3.94. The van der Waals surface area contributed by atoms with Gasteiger partial charge in [-0.1, -0.05) is 6.07 Å². The molecule has 0 saturated carbocycles. The lowest BCUT2D eigenvalue weighted by molar-refractivity contribution is -0.132. The maximum Gasteiger partial charge on any atom is 0.254 e. The van der Waals surface area contributed by atoms with Gasteiger partial charge in [0.2, 0.25) is 5.91 Å². The largest absolute Gasteiger partial charge is 0.497 e. The smallest absolute Gasteiger partial charge is 0.254 e. The molecule has 0 radical (unpaired) electrons. The Kier molecular flexibility index (Phi) is 6.90. The maximum atomic E-state index is 13.3. The fraction of sp³-hybridized carbons (Fsp3) is 0.542. The standard InChI is InChI=1S/C24H31N3O3S/c1-17-25-20(16-31-17)15-23(28)26-12-9-18(10-13-26)22-8-3-4-11-27(22)24(29)19-6-5-7-21(14-19)30-2/h5-7,14,16,18,22H,3-4,8-13,15H2,1-2H3. The molecule has 6 nitrogen and oxygen atoms in total. The minimum absolute atomic E-state index is 0.0982. The monoisotopic (exact) mass is 441 g/mol. The number of hydrogen-bond donors (Lipinski definition) is 0. The number of amides is 2. The molecular formula is C24H31N3O3S. The minimum atomic E-state index is 0.0982. The molecule has 3 heterocycles. The first-order chi connectivity index (χ1) is 15.0. The van der Waals surface area contributed by atoms with Gasteiger partial charge in [-0.3, -0.25) is 9.59 Å². The average molecular weight is 442 g/mol. The summed E-state index contributed by atoms with van der Waals surface area (Å²) in [5, 5.41) is 2.98. The van der Waals surface area contributed by atoms with Crippen molar-refractivity contribution in [1.82, 2.24) is 14.8 Å². The Morgan fingerprint density at radius 2 is 1.97 bits per heavy atom. The normalized spacial score (nSPS) is 20.0. The zero-order chi connectivity index (χ0) is 21.8. The number of piperidine rings is 2. The van der Waals surface area contributed by atoms with Crippen molar-refractivity contribution in [2.75, 3.05) is 26.7 Å². The molecule has 2 aliphatic rings. The first kappa shape index (κ1) is 21.8. The molecule has 0 aliphatic carbocycles. The highest BCUT2D eigenvalue weighted by Crippen LogP contribution is 2.32. The summed E-state index contributed by atoms with van der Waals surface area (Å²) in [4.78, 5) is 34.5. The van der Waals surface area contributed by atoms with Gasteiger partial charge in [0.25, 0.3) is 5.91 Å². The van der Waals surface area contributed by atoms with Crippen LogP contribution in [0.25, 0.3) is 0 Å². The van der Waals surface area contributed by atoms with E-state index in [1.54, 1.807) is 18.4 Å². The number of ether oxygens (including phenoxy) is 1. The van der Waals surface area contributed by atoms with E-state index in [-0.39, 0.29) is 17.9 Å². The number of nitrogens with zero attached hydrogens (tertiary/aromatic N) is 3. The van der Waals surface area contributed by atoms with E-state index in [0.29, 0.717) is 23.7 Å². The Bertz CT molecular complexity index is 920. The van der Waals surface area contributed by atoms with Crippen molar-refractivity contribution in [3.05, 3.63) is 45.9 Å². The minimum Gasteiger partial charge on any atom is -0.497 e. The Morgan fingerprint density at radius 3 is 2.68 bits per heavy atom. The number of benzene rings is 1. The van der Waals surface area contributed by atoms with Gasteiger partial charge in [0.1, 0.15) is 5.75 Å². The van der Waals surface area contributed by atoms with Crippen molar-refractivity contribution in [3.63, 3.8) is 0 Å². The second-order valence-electron chi connectivity index (χ2n) is 8.55. The van der Waals surface area contributed by atoms with Gasteiger partial charge in [-0.2, -0.15) is 0 Å². The molecule has 1 unspecified atom stereocenters. The second-order valence-corrected chi connectivity index (χ2v) is 9.61. The highest BCUT2D eigenvalue weighted by atomic mass is 32.1. The molecule has 4 rings (SSSR count). The summed E-state index contributed by atoms with van der Waals surface area (Å²) >= 11 is 1.59. The molecule has 1 aromatic heterocycles. The topological polar surface area (TPSA) is 62.7 Å². The van der Waals surface area contributed by atoms with Gasteiger partial charge in [-0.15, -0.1) is 11.3 Å². The van der Waals surface area contributed by atoms with Gasteiger partial charge in [0.05, 0.1) is 24.2 Å². The third-order valence-electron chi connectivity index (χ3n) is 6.56. The number of methoxy groups -OCH3 is 1. The quantitative estimate of drug-likeness (QED) is 0.705. The Balaban J connectivity index is 1.38. The van der Waals surface area contributed by atoms with Crippen LogP contribution in [0.4, 0.5) is 0 Å². The summed E-state index contributed by atoms with van der Waals surface area (Å²) in [5.74, 6) is 1.42. The first-order valence-corrected chi connectivity index (χ1v) is 12.1. The van der Waals surface area contributed by atoms with Gasteiger partial charge in [-0.05, 0) is 63.1 Å². The Hall–Kier alpha value is -2.41. The number of hydrogen-bond acceptors (Lipinski definition) is 5. The van der Waals surface area contributed by atoms with E-state index in [2.05, 4.69) is 9.88 Å². The van der Waals surface area contributed by atoms with E-state index < -0.39 is 0 Å². The number of carbonyl (C=O) groups excluding carboxylic acids is 2. The third-order valence-corrected chi connectivity index (χ3v) is 7.38. The van der Waals surface area contributed by atoms with Crippen molar-refractivity contribution >= 4 is 23.2 Å². The van der Waals surface area contributed by atoms with Crippen molar-refractivity contribution in [2.45, 2.75) is 51.5 Å². The van der Waals surface area contributed by atoms with Gasteiger partial charge < -0.3 is 14.5 Å². The molecular weight excluding hydrogens is 410 g/mol. The Labute approximate surface area is 188 Å². The predicted molar refractivity (Wildman–Crippen MR) is 122 cm³/mol. The maximum absolute atomic E-state index is 13.3. The van der Waals surface area contributed by atoms with E-state index >= 15 is 0 Å². The molecule has 1 aromatic carbocycles. The molecule has 1 atom stereocenters. The fourth-order valence-corrected chi connectivity index (χ4v) is 5.52. The van der Waals surface area contributed by atoms with E-state index in [1.807, 2.05) is 41.5 Å². The third kappa shape index (κ3) is 5.09. The highest BCUT2D eigenvalue weighted by molar-refractivity contribution is 7.09. The summed E-state index contributed by atoms with van der Waals surface area (Å²) in [6.45, 7) is 4.31. The molecule has 7 heteroatoms. The van der Waals surface area contributed by atoms with Crippen LogP contribution < -0.4 is 4.74 Å². The van der Waals surface area contributed by atoms with Gasteiger partial charge in [0, 0.05) is 36.6 Å². The molecule has 166 valence electrons. The second kappa shape index (κ2) is 9.81. The summed E-state index contributed by atoms with van der Waals surface area (Å²) in [6, 6.07) is 7.70. The van der Waals surface area contributed by atoms with Crippen molar-refractivity contribution in [1.29, 1.82) is 0 Å². The fourth-order valence-electron chi connectivity index (χ4n) is 4.91. The summed E-state index contributed by atoms with van der Waals surface area (Å²) in [5.41, 5.74) is 1.56. The van der Waals surface area contributed by atoms with Crippen LogP contribution in [-0.4, -0.2) is 59.4 Å². The number of thiazole rings is 1. The van der Waals surface area contributed by atoms with Crippen LogP contribution in [0.5, 0.6) is 5.75 Å². The van der Waals surface area contributed by atoms with Gasteiger partial charge >= 0.3 is 0 Å². The summed E-state index contributed by atoms with van der Waals surface area (Å²) in [6.07, 6.45) is 5.56. The molecule has 31 heavy (non-hydrogen) atoms. The lowest BCUT2D eigenvalue weighted by atomic mass is 9.83. The van der Waals surface area contributed by atoms with E-state index in [1.165, 1.54) is 0 Å². The lowest BCUT2D eigenvalue weighted by Crippen LogP contribution is -2.51. The van der Waals surface area contributed by atoms with Crippen molar-refractivity contribution in [2.24, 2.45) is 5.92 Å². The first-order valence-electron chi connectivity index (χ1n) is 11.2. The lowest BCUT2D eigenvalue weighted by Gasteiger charge is -2.43. The SMILES string of the molecule is COc1cccc(C(=O)N2CCCCC2C2CCN(C(=O)Cc3csc(C)n3)CC2)c1. The molecule has 0 N–H and O–H groups in total. The molecule has 2 aromatic rings. The molecule has 2 aliphatic heterocycles. The average Bonchev–Trinajstić information content (AvgIpc) is 3.23. The Morgan fingerprint density at radius 1 is 1.16 bits per heavy atom. The van der Waals surface area contributed by atoms with Crippen LogP contribution in [0.2, 0.25) is 0 Å². The molecule has 2 amide bonds. The summed E-state index contributed by atoms with van der Waals surface area (Å²) < 4.78 is 5.30. The molecule has 2 saturated heterocycles. The van der Waals surface area contributed by atoms with Crippen molar-refractivity contribution in [3.8, 4) is 5.75 Å². The van der Waals surface area contributed by atoms with Gasteiger partial charge in [-0.25, -0.2) is 4.98 Å². The van der Waals surface area contributed by atoms with E-state index in [9.17, 15) is 9.59 Å². The van der Waals surface area contributed by atoms with Crippen molar-refractivity contribution < 1.29 is 14.3 Å². The molecule has 2 fully saturated rings. The number of likely N-dealkylation sites (tertiary alicyclic amines) is 2. The van der Waals surface area contributed by atoms with Crippen LogP contribution in [0, 0.1) is 12.8 Å². The molecule has 0 bridgehead atoms. The van der Waals surface area contributed by atoms with Crippen LogP contribution in [0.3, 0.4) is 0 Å². The number of carbonyl (C=O) groups is 2. The van der Waals surface area contributed by atoms with Crippen LogP contribution in [0.15, 0.2) is 29.6 Å². The van der Waals surface area contributed by atoms with E-state index in [4.69, 9.17) is 4.74 Å². The van der Waals surface area contributed by atoms with Crippen LogP contribution in [-0.2, 0) is 11.2 Å². The zero-order valence-corrected chi connectivity index (χ0v) is 19.2. The van der Waals surface area contributed by atoms with Crippen LogP contribution in [0.1, 0.15) is 53.2 Å². The summed E-state index contributed by atoms with van der Waals surface area (Å²) in [7, 11) is 1.62. The van der Waals surface area contributed by atoms with Crippen LogP contribution >= 0.6 is 11.3 Å². The van der Waals surface area contributed by atoms with Gasteiger partial charge in [0.15, 0.2) is 0 Å². The van der Waals surface area contributed by atoms with E-state index in [0.717, 1.165) is 62.4 Å². The number of aromatic nitrogens is 1. The number of rotatable bonds is 5. The zero-order valence-electron chi connectivity index (χ0n) is 18.4. The molecule has 0 spiro atoms.